The van der Waals surface area contributed by atoms with Gasteiger partial charge >= 0.3 is 0 Å². The number of nitrogens with zero attached hydrogens (tertiary/aromatic N) is 4. The molecule has 0 unspecified atom stereocenters. The second-order valence-electron chi connectivity index (χ2n) is 9.77. The van der Waals surface area contributed by atoms with Crippen molar-refractivity contribution in [1.82, 2.24) is 14.8 Å². The van der Waals surface area contributed by atoms with Crippen molar-refractivity contribution in [2.45, 2.75) is 6.42 Å². The van der Waals surface area contributed by atoms with E-state index in [1.807, 2.05) is 67.7 Å². The molecule has 2 N–H and O–H groups in total. The smallest absolute Gasteiger partial charge is 0.240 e. The number of aliphatic imine (C=N–C) groups is 1. The third-order valence-electron chi connectivity index (χ3n) is 7.05. The van der Waals surface area contributed by atoms with E-state index < -0.39 is 0 Å². The van der Waals surface area contributed by atoms with Crippen molar-refractivity contribution in [3.8, 4) is 5.88 Å². The number of hydrogen-bond acceptors (Lipinski definition) is 5. The quantitative estimate of drug-likeness (QED) is 0.332. The maximum absolute atomic E-state index is 13.0. The van der Waals surface area contributed by atoms with E-state index in [1.165, 1.54) is 0 Å². The van der Waals surface area contributed by atoms with E-state index in [0.29, 0.717) is 28.5 Å². The van der Waals surface area contributed by atoms with Gasteiger partial charge in [-0.2, -0.15) is 0 Å². The minimum Gasteiger partial charge on any atom is -0.494 e. The maximum Gasteiger partial charge on any atom is 0.240 e. The fourth-order valence-electron chi connectivity index (χ4n) is 4.84. The fraction of sp³-hybridized carbons (Fsp3) is 0.267. The first-order chi connectivity index (χ1) is 18.4. The molecule has 38 heavy (non-hydrogen) atoms. The van der Waals surface area contributed by atoms with Gasteiger partial charge in [0.1, 0.15) is 0 Å². The van der Waals surface area contributed by atoms with Crippen LogP contribution in [0.2, 0.25) is 5.02 Å². The van der Waals surface area contributed by atoms with Gasteiger partial charge in [0, 0.05) is 41.8 Å². The third-order valence-corrected chi connectivity index (χ3v) is 7.28. The van der Waals surface area contributed by atoms with Crippen molar-refractivity contribution in [2.24, 2.45) is 4.99 Å². The summed E-state index contributed by atoms with van der Waals surface area (Å²) in [6, 6.07) is 22.8. The van der Waals surface area contributed by atoms with E-state index in [0.717, 1.165) is 54.8 Å². The van der Waals surface area contributed by atoms with Crippen molar-refractivity contribution >= 4 is 45.5 Å². The summed E-state index contributed by atoms with van der Waals surface area (Å²) in [7, 11) is 3.94. The Bertz CT molecular complexity index is 1450. The highest BCUT2D eigenvalue weighted by molar-refractivity contribution is 6.31. The molecular formula is C30H32ClN5O2. The van der Waals surface area contributed by atoms with E-state index in [4.69, 9.17) is 16.6 Å². The summed E-state index contributed by atoms with van der Waals surface area (Å²) in [5.74, 6) is 0.102. The molecule has 0 saturated carbocycles. The Kier molecular flexibility index (Phi) is 7.79. The van der Waals surface area contributed by atoms with Crippen LogP contribution in [0.25, 0.3) is 10.9 Å². The van der Waals surface area contributed by atoms with Gasteiger partial charge in [-0.15, -0.1) is 0 Å². The molecular weight excluding hydrogens is 498 g/mol. The molecule has 8 heteroatoms. The molecule has 0 atom stereocenters. The summed E-state index contributed by atoms with van der Waals surface area (Å²) >= 11 is 6.17. The van der Waals surface area contributed by atoms with Gasteiger partial charge in [-0.3, -0.25) is 9.69 Å². The highest BCUT2D eigenvalue weighted by atomic mass is 35.5. The van der Waals surface area contributed by atoms with Crippen LogP contribution in [-0.2, 0) is 4.79 Å². The summed E-state index contributed by atoms with van der Waals surface area (Å²) in [5, 5.41) is 12.3. The number of halogens is 1. The molecule has 2 heterocycles. The molecule has 0 radical (unpaired) electrons. The summed E-state index contributed by atoms with van der Waals surface area (Å²) in [6.07, 6.45) is 1.07. The van der Waals surface area contributed by atoms with Crippen LogP contribution in [0.4, 0.5) is 11.4 Å². The Labute approximate surface area is 228 Å². The van der Waals surface area contributed by atoms with E-state index in [2.05, 4.69) is 21.8 Å². The SMILES string of the molecule is CN1CCCN(CC(=O)N(C)c2ccc(N=C(c3ccccc3)c3c(O)[nH]c4cc(Cl)ccc34)cc2)CC1. The minimum atomic E-state index is 0.0338. The second kappa shape index (κ2) is 11.4. The number of amides is 1. The summed E-state index contributed by atoms with van der Waals surface area (Å²) < 4.78 is 0. The molecule has 5 rings (SSSR count). The number of H-pyrrole nitrogens is 1. The zero-order chi connectivity index (χ0) is 26.6. The van der Waals surface area contributed by atoms with E-state index >= 15 is 0 Å². The van der Waals surface area contributed by atoms with Gasteiger partial charge < -0.3 is 19.9 Å². The van der Waals surface area contributed by atoms with Gasteiger partial charge in [0.25, 0.3) is 0 Å². The summed E-state index contributed by atoms with van der Waals surface area (Å²) in [4.78, 5) is 27.2. The molecule has 7 nitrogen and oxygen atoms in total. The van der Waals surface area contributed by atoms with Gasteiger partial charge in [-0.05, 0) is 63.0 Å². The fourth-order valence-corrected chi connectivity index (χ4v) is 5.01. The van der Waals surface area contributed by atoms with Crippen molar-refractivity contribution in [3.05, 3.63) is 88.9 Å². The molecule has 1 saturated heterocycles. The number of carbonyl (C=O) groups is 1. The van der Waals surface area contributed by atoms with Crippen LogP contribution in [0.5, 0.6) is 5.88 Å². The Hall–Kier alpha value is -3.65. The van der Waals surface area contributed by atoms with Gasteiger partial charge in [-0.25, -0.2) is 4.99 Å². The van der Waals surface area contributed by atoms with Crippen LogP contribution >= 0.6 is 11.6 Å². The predicted molar refractivity (Wildman–Crippen MR) is 155 cm³/mol. The molecule has 0 bridgehead atoms. The Balaban J connectivity index is 1.41. The number of benzene rings is 3. The Morgan fingerprint density at radius 3 is 2.55 bits per heavy atom. The number of nitrogens with one attached hydrogen (secondary N) is 1. The van der Waals surface area contributed by atoms with Crippen LogP contribution in [0.15, 0.2) is 77.8 Å². The van der Waals surface area contributed by atoms with Crippen molar-refractivity contribution in [2.75, 3.05) is 51.7 Å². The molecule has 196 valence electrons. The normalized spacial score (nSPS) is 15.5. The molecule has 4 aromatic rings. The average molecular weight is 530 g/mol. The van der Waals surface area contributed by atoms with Crippen LogP contribution in [-0.4, -0.2) is 78.3 Å². The first-order valence-corrected chi connectivity index (χ1v) is 13.2. The number of likely N-dealkylation sites (N-methyl/N-ethyl adjacent to an activating group) is 2. The molecule has 3 aromatic carbocycles. The third kappa shape index (κ3) is 5.75. The van der Waals surface area contributed by atoms with Crippen LogP contribution in [0.1, 0.15) is 17.5 Å². The number of aromatic amines is 1. The van der Waals surface area contributed by atoms with Crippen LogP contribution < -0.4 is 4.90 Å². The van der Waals surface area contributed by atoms with Crippen LogP contribution in [0.3, 0.4) is 0 Å². The Morgan fingerprint density at radius 2 is 1.79 bits per heavy atom. The zero-order valence-electron chi connectivity index (χ0n) is 21.7. The number of aromatic hydroxyl groups is 1. The number of fused-ring (bicyclic) bond motifs is 1. The first kappa shape index (κ1) is 26.0. The highest BCUT2D eigenvalue weighted by Crippen LogP contribution is 2.33. The number of hydrogen-bond donors (Lipinski definition) is 2. The van der Waals surface area contributed by atoms with Gasteiger partial charge in [0.05, 0.1) is 29.0 Å². The molecule has 0 spiro atoms. The lowest BCUT2D eigenvalue weighted by molar-refractivity contribution is -0.119. The highest BCUT2D eigenvalue weighted by Gasteiger charge is 2.20. The van der Waals surface area contributed by atoms with Gasteiger partial charge in [-0.1, -0.05) is 48.0 Å². The lowest BCUT2D eigenvalue weighted by atomic mass is 10.0. The minimum absolute atomic E-state index is 0.0338. The first-order valence-electron chi connectivity index (χ1n) is 12.8. The topological polar surface area (TPSA) is 75.2 Å². The van der Waals surface area contributed by atoms with Crippen molar-refractivity contribution in [3.63, 3.8) is 0 Å². The van der Waals surface area contributed by atoms with Crippen LogP contribution in [0, 0.1) is 0 Å². The van der Waals surface area contributed by atoms with Gasteiger partial charge in [0.15, 0.2) is 5.88 Å². The number of carbonyl (C=O) groups excluding carboxylic acids is 1. The standard InChI is InChI=1S/C30H32ClN5O2/c1-34-15-6-16-36(18-17-34)20-27(37)35(2)24-12-10-23(11-13-24)32-29(21-7-4-3-5-8-21)28-25-14-9-22(31)19-26(25)33-30(28)38/h3-5,7-14,19,33,38H,6,15-18,20H2,1-2H3. The van der Waals surface area contributed by atoms with Crippen molar-refractivity contribution in [1.29, 1.82) is 0 Å². The summed E-state index contributed by atoms with van der Waals surface area (Å²) in [5.41, 5.74) is 4.39. The maximum atomic E-state index is 13.0. The Morgan fingerprint density at radius 1 is 1.03 bits per heavy atom. The van der Waals surface area contributed by atoms with Crippen molar-refractivity contribution < 1.29 is 9.90 Å². The van der Waals surface area contributed by atoms with E-state index in [1.54, 1.807) is 17.0 Å². The molecule has 1 amide bonds. The molecule has 1 aliphatic heterocycles. The predicted octanol–water partition coefficient (Wildman–Crippen LogP) is 5.30. The lowest BCUT2D eigenvalue weighted by Gasteiger charge is -2.24. The molecule has 1 fully saturated rings. The second-order valence-corrected chi connectivity index (χ2v) is 10.2. The molecule has 0 aliphatic carbocycles. The summed E-state index contributed by atoms with van der Waals surface area (Å²) in [6.45, 7) is 4.29. The molecule has 1 aromatic heterocycles. The zero-order valence-corrected chi connectivity index (χ0v) is 22.4. The van der Waals surface area contributed by atoms with E-state index in [-0.39, 0.29) is 11.8 Å². The lowest BCUT2D eigenvalue weighted by Crippen LogP contribution is -2.40. The van der Waals surface area contributed by atoms with E-state index in [9.17, 15) is 9.90 Å². The number of aromatic nitrogens is 1. The average Bonchev–Trinajstić information content (AvgIpc) is 3.10. The largest absolute Gasteiger partial charge is 0.494 e. The monoisotopic (exact) mass is 529 g/mol. The van der Waals surface area contributed by atoms with Gasteiger partial charge in [0.2, 0.25) is 5.91 Å². The molecule has 1 aliphatic rings. The number of anilines is 1. The number of rotatable bonds is 6.